The number of amides is 1. The maximum atomic E-state index is 14.3. The SMILES string of the molecule is CC1COCCN1c1nc(-c2cnc(NC(=O)OS(C)(=O)=O)cc2C(F)(F)F)nn2cc(CN3CCN(S(C)(=O)=O)CC3)cc12. The van der Waals surface area contributed by atoms with Crippen LogP contribution in [0, 0.1) is 0 Å². The van der Waals surface area contributed by atoms with Gasteiger partial charge in [0.1, 0.15) is 11.3 Å². The quantitative estimate of drug-likeness (QED) is 0.360. The van der Waals surface area contributed by atoms with Crippen LogP contribution in [0.2, 0.25) is 0 Å². The number of carbonyl (C=O) groups is 1. The molecule has 0 aliphatic carbocycles. The maximum absolute atomic E-state index is 14.3. The molecule has 5 heterocycles. The molecule has 1 N–H and O–H groups in total. The Balaban J connectivity index is 1.53. The third-order valence-corrected chi connectivity index (χ3v) is 9.01. The van der Waals surface area contributed by atoms with E-state index < -0.39 is 49.4 Å². The van der Waals surface area contributed by atoms with Gasteiger partial charge in [0.05, 0.1) is 42.9 Å². The van der Waals surface area contributed by atoms with Gasteiger partial charge in [0.2, 0.25) is 10.0 Å². The van der Waals surface area contributed by atoms with E-state index in [9.17, 15) is 34.8 Å². The number of aromatic nitrogens is 4. The summed E-state index contributed by atoms with van der Waals surface area (Å²) in [5, 5.41) is 6.29. The van der Waals surface area contributed by atoms with Gasteiger partial charge in [0, 0.05) is 51.7 Å². The van der Waals surface area contributed by atoms with Crippen molar-refractivity contribution in [2.24, 2.45) is 0 Å². The number of alkyl halides is 3. The lowest BCUT2D eigenvalue weighted by Gasteiger charge is -2.34. The van der Waals surface area contributed by atoms with Crippen LogP contribution in [0.1, 0.15) is 18.1 Å². The van der Waals surface area contributed by atoms with Crippen molar-refractivity contribution >= 4 is 43.4 Å². The number of anilines is 2. The number of sulfonamides is 1. The first-order chi connectivity index (χ1) is 21.0. The van der Waals surface area contributed by atoms with Gasteiger partial charge >= 0.3 is 22.4 Å². The lowest BCUT2D eigenvalue weighted by Crippen LogP contribution is -2.47. The molecule has 0 saturated carbocycles. The molecule has 0 spiro atoms. The van der Waals surface area contributed by atoms with E-state index in [4.69, 9.17) is 4.74 Å². The molecular weight excluding hydrogens is 645 g/mol. The van der Waals surface area contributed by atoms with Gasteiger partial charge in [0.25, 0.3) is 0 Å². The molecule has 0 aromatic carbocycles. The van der Waals surface area contributed by atoms with Crippen LogP contribution in [-0.2, 0) is 41.8 Å². The first kappa shape index (κ1) is 32.8. The minimum Gasteiger partial charge on any atom is -0.377 e. The molecule has 1 amide bonds. The zero-order valence-electron chi connectivity index (χ0n) is 24.5. The van der Waals surface area contributed by atoms with E-state index in [2.05, 4.69) is 24.1 Å². The Morgan fingerprint density at radius 3 is 2.44 bits per heavy atom. The van der Waals surface area contributed by atoms with Crippen molar-refractivity contribution in [2.45, 2.75) is 25.7 Å². The summed E-state index contributed by atoms with van der Waals surface area (Å²) in [7, 11) is -7.51. The maximum Gasteiger partial charge on any atom is 0.428 e. The largest absolute Gasteiger partial charge is 0.428 e. The van der Waals surface area contributed by atoms with Crippen molar-refractivity contribution in [3.8, 4) is 11.4 Å². The number of pyridine rings is 1. The molecule has 45 heavy (non-hydrogen) atoms. The second kappa shape index (κ2) is 12.3. The van der Waals surface area contributed by atoms with Gasteiger partial charge in [-0.05, 0) is 24.6 Å². The van der Waals surface area contributed by atoms with Gasteiger partial charge in [-0.2, -0.15) is 25.9 Å². The molecular formula is C25H31F3N8O7S2. The number of rotatable bonds is 7. The number of hydrogen-bond donors (Lipinski definition) is 1. The fourth-order valence-corrected chi connectivity index (χ4v) is 6.31. The third-order valence-electron chi connectivity index (χ3n) is 7.25. The first-order valence-corrected chi connectivity index (χ1v) is 17.3. The number of fused-ring (bicyclic) bond motifs is 1. The van der Waals surface area contributed by atoms with E-state index in [1.54, 1.807) is 6.20 Å². The van der Waals surface area contributed by atoms with Crippen LogP contribution in [-0.4, -0.2) is 116 Å². The van der Waals surface area contributed by atoms with Gasteiger partial charge in [0.15, 0.2) is 11.6 Å². The average molecular weight is 677 g/mol. The second-order valence-electron chi connectivity index (χ2n) is 10.8. The Kier molecular flexibility index (Phi) is 8.97. The topological polar surface area (TPSA) is 169 Å². The summed E-state index contributed by atoms with van der Waals surface area (Å²) >= 11 is 0. The van der Waals surface area contributed by atoms with Crippen molar-refractivity contribution in [1.82, 2.24) is 28.8 Å². The van der Waals surface area contributed by atoms with Crippen LogP contribution in [0.4, 0.5) is 29.6 Å². The number of halogens is 3. The molecule has 5 rings (SSSR count). The monoisotopic (exact) mass is 676 g/mol. The van der Waals surface area contributed by atoms with Crippen LogP contribution in [0.3, 0.4) is 0 Å². The molecule has 246 valence electrons. The zero-order chi connectivity index (χ0) is 32.7. The molecule has 2 aliphatic rings. The predicted molar refractivity (Wildman–Crippen MR) is 155 cm³/mol. The normalized spacial score (nSPS) is 19.2. The minimum atomic E-state index is -4.93. The van der Waals surface area contributed by atoms with Crippen molar-refractivity contribution in [1.29, 1.82) is 0 Å². The van der Waals surface area contributed by atoms with E-state index in [0.717, 1.165) is 11.8 Å². The number of piperazine rings is 1. The minimum absolute atomic E-state index is 0.152. The zero-order valence-corrected chi connectivity index (χ0v) is 26.1. The van der Waals surface area contributed by atoms with Crippen molar-refractivity contribution < 1.29 is 43.7 Å². The van der Waals surface area contributed by atoms with Crippen molar-refractivity contribution in [3.05, 3.63) is 35.7 Å². The molecule has 20 heteroatoms. The summed E-state index contributed by atoms with van der Waals surface area (Å²) in [4.78, 5) is 24.3. The third kappa shape index (κ3) is 7.80. The Bertz CT molecular complexity index is 1810. The van der Waals surface area contributed by atoms with E-state index in [0.29, 0.717) is 76.1 Å². The molecule has 2 aliphatic heterocycles. The molecule has 1 unspecified atom stereocenters. The first-order valence-electron chi connectivity index (χ1n) is 13.7. The molecule has 15 nitrogen and oxygen atoms in total. The van der Waals surface area contributed by atoms with Gasteiger partial charge in [-0.25, -0.2) is 27.7 Å². The smallest absolute Gasteiger partial charge is 0.377 e. The summed E-state index contributed by atoms with van der Waals surface area (Å²) in [6.45, 7) is 5.24. The van der Waals surface area contributed by atoms with Crippen molar-refractivity contribution in [3.63, 3.8) is 0 Å². The highest BCUT2D eigenvalue weighted by Gasteiger charge is 2.36. The van der Waals surface area contributed by atoms with E-state index >= 15 is 0 Å². The molecule has 0 radical (unpaired) electrons. The predicted octanol–water partition coefficient (Wildman–Crippen LogP) is 1.62. The number of nitrogens with zero attached hydrogens (tertiary/aromatic N) is 7. The van der Waals surface area contributed by atoms with Gasteiger partial charge < -0.3 is 13.8 Å². The molecule has 3 aromatic rings. The number of morpholine rings is 1. The summed E-state index contributed by atoms with van der Waals surface area (Å²) in [5.41, 5.74) is -0.334. The van der Waals surface area contributed by atoms with E-state index in [1.807, 2.05) is 23.2 Å². The highest BCUT2D eigenvalue weighted by molar-refractivity contribution is 7.88. The number of hydrogen-bond acceptors (Lipinski definition) is 12. The molecule has 3 aromatic heterocycles. The van der Waals surface area contributed by atoms with Crippen molar-refractivity contribution in [2.75, 3.05) is 68.7 Å². The Labute approximate surface area is 257 Å². The van der Waals surface area contributed by atoms with Crippen LogP contribution >= 0.6 is 0 Å². The summed E-state index contributed by atoms with van der Waals surface area (Å²) in [5.74, 6) is -0.497. The van der Waals surface area contributed by atoms with Crippen LogP contribution in [0.15, 0.2) is 24.5 Å². The van der Waals surface area contributed by atoms with Gasteiger partial charge in [-0.1, -0.05) is 0 Å². The number of ether oxygens (including phenoxy) is 1. The van der Waals surface area contributed by atoms with Crippen LogP contribution in [0.25, 0.3) is 16.9 Å². The lowest BCUT2D eigenvalue weighted by molar-refractivity contribution is -0.137. The molecule has 2 fully saturated rings. The van der Waals surface area contributed by atoms with Crippen LogP contribution < -0.4 is 10.2 Å². The standard InChI is InChI=1S/C25H31F3N8O7S2/c1-16-15-42-9-8-35(16)23-20-10-17(13-33-4-6-34(7-5-33)44(2,38)39)14-36(20)32-22(31-23)18-12-29-21(11-19(18)25(26,27)28)30-24(37)43-45(3,40)41/h10-12,14,16H,4-9,13,15H2,1-3H3,(H,29,30,37). The Hall–Kier alpha value is -3.59. The highest BCUT2D eigenvalue weighted by Crippen LogP contribution is 2.38. The fraction of sp³-hybridized carbons (Fsp3) is 0.520. The molecule has 1 atom stereocenters. The van der Waals surface area contributed by atoms with Gasteiger partial charge in [-0.15, -0.1) is 5.10 Å². The summed E-state index contributed by atoms with van der Waals surface area (Å²) in [6, 6.07) is 2.24. The fourth-order valence-electron chi connectivity index (χ4n) is 5.17. The molecule has 0 bridgehead atoms. The average Bonchev–Trinajstić information content (AvgIpc) is 3.33. The van der Waals surface area contributed by atoms with E-state index in [-0.39, 0.29) is 11.9 Å². The second-order valence-corrected chi connectivity index (χ2v) is 14.4. The highest BCUT2D eigenvalue weighted by atomic mass is 32.2. The molecule has 2 saturated heterocycles. The summed E-state index contributed by atoms with van der Waals surface area (Å²) < 4.78 is 102. The number of carbonyl (C=O) groups excluding carboxylic acids is 1. The number of nitrogens with one attached hydrogen (secondary N) is 1. The Morgan fingerprint density at radius 1 is 1.11 bits per heavy atom. The van der Waals surface area contributed by atoms with Gasteiger partial charge in [-0.3, -0.25) is 10.2 Å². The van der Waals surface area contributed by atoms with E-state index in [1.165, 1.54) is 15.1 Å². The Morgan fingerprint density at radius 2 is 1.82 bits per heavy atom. The van der Waals surface area contributed by atoms with Crippen LogP contribution in [0.5, 0.6) is 0 Å². The summed E-state index contributed by atoms with van der Waals surface area (Å²) in [6.07, 6.45) is -2.14. The lowest BCUT2D eigenvalue weighted by atomic mass is 10.1.